The maximum Gasteiger partial charge on any atom is 0.263 e. The van der Waals surface area contributed by atoms with Crippen molar-refractivity contribution in [2.75, 3.05) is 19.5 Å². The van der Waals surface area contributed by atoms with Crippen LogP contribution in [0.1, 0.15) is 15.9 Å². The van der Waals surface area contributed by atoms with Crippen LogP contribution in [0, 0.1) is 6.92 Å². The summed E-state index contributed by atoms with van der Waals surface area (Å²) in [5.74, 6) is 0.604. The summed E-state index contributed by atoms with van der Waals surface area (Å²) < 4.78 is 10.4. The Morgan fingerprint density at radius 3 is 2.19 bits per heavy atom. The molecule has 2 N–H and O–H groups in total. The lowest BCUT2D eigenvalue weighted by atomic mass is 10.1. The van der Waals surface area contributed by atoms with Gasteiger partial charge in [-0.15, -0.1) is 0 Å². The van der Waals surface area contributed by atoms with Crippen LogP contribution in [-0.2, 0) is 0 Å². The van der Waals surface area contributed by atoms with Gasteiger partial charge in [0.1, 0.15) is 22.8 Å². The molecule has 5 heteroatoms. The quantitative estimate of drug-likeness (QED) is 0.907. The van der Waals surface area contributed by atoms with Gasteiger partial charge in [0.2, 0.25) is 0 Å². The second-order valence-electron chi connectivity index (χ2n) is 4.44. The molecule has 110 valence electrons. The zero-order valence-electron chi connectivity index (χ0n) is 12.1. The highest BCUT2D eigenvalue weighted by Crippen LogP contribution is 2.30. The summed E-state index contributed by atoms with van der Waals surface area (Å²) in [6.45, 7) is 1.73. The number of rotatable bonds is 4. The van der Waals surface area contributed by atoms with Crippen LogP contribution in [-0.4, -0.2) is 25.2 Å². The Bertz CT molecular complexity index is 645. The van der Waals surface area contributed by atoms with Crippen molar-refractivity contribution in [3.63, 3.8) is 0 Å². The summed E-state index contributed by atoms with van der Waals surface area (Å²) in [6, 6.07) is 10.1. The predicted octanol–water partition coefficient (Wildman–Crippen LogP) is 2.97. The summed E-state index contributed by atoms with van der Waals surface area (Å²) in [4.78, 5) is 12.5. The minimum Gasteiger partial charge on any atom is -0.508 e. The second kappa shape index (κ2) is 6.17. The van der Waals surface area contributed by atoms with Gasteiger partial charge in [0.25, 0.3) is 5.91 Å². The van der Waals surface area contributed by atoms with Gasteiger partial charge in [0, 0.05) is 11.3 Å². The number of phenolic OH excluding ortho intramolecular Hbond substituents is 1. The molecule has 0 aromatic heterocycles. The molecule has 1 amide bonds. The number of carbonyl (C=O) groups excluding carboxylic acids is 1. The highest BCUT2D eigenvalue weighted by molar-refractivity contribution is 6.08. The Balaban J connectivity index is 2.39. The first-order valence-corrected chi connectivity index (χ1v) is 6.39. The monoisotopic (exact) mass is 287 g/mol. The van der Waals surface area contributed by atoms with E-state index in [1.165, 1.54) is 14.2 Å². The Kier molecular flexibility index (Phi) is 4.33. The Morgan fingerprint density at radius 2 is 1.62 bits per heavy atom. The first-order valence-electron chi connectivity index (χ1n) is 6.39. The van der Waals surface area contributed by atoms with Crippen molar-refractivity contribution in [3.05, 3.63) is 47.5 Å². The molecule has 0 saturated carbocycles. The second-order valence-corrected chi connectivity index (χ2v) is 4.44. The van der Waals surface area contributed by atoms with E-state index >= 15 is 0 Å². The van der Waals surface area contributed by atoms with Crippen molar-refractivity contribution in [2.45, 2.75) is 6.92 Å². The fraction of sp³-hybridized carbons (Fsp3) is 0.188. The number of anilines is 1. The summed E-state index contributed by atoms with van der Waals surface area (Å²) in [5.41, 5.74) is 1.44. The van der Waals surface area contributed by atoms with Gasteiger partial charge in [0.05, 0.1) is 14.2 Å². The minimum atomic E-state index is -0.363. The van der Waals surface area contributed by atoms with E-state index in [-0.39, 0.29) is 11.7 Å². The zero-order valence-corrected chi connectivity index (χ0v) is 12.1. The fourth-order valence-electron chi connectivity index (χ4n) is 2.02. The molecule has 2 aromatic carbocycles. The van der Waals surface area contributed by atoms with E-state index in [0.29, 0.717) is 28.3 Å². The van der Waals surface area contributed by atoms with Crippen molar-refractivity contribution in [3.8, 4) is 17.2 Å². The molecule has 0 aliphatic rings. The van der Waals surface area contributed by atoms with Gasteiger partial charge in [0.15, 0.2) is 0 Å². The van der Waals surface area contributed by atoms with E-state index in [1.54, 1.807) is 43.3 Å². The van der Waals surface area contributed by atoms with Gasteiger partial charge in [-0.05, 0) is 31.2 Å². The molecule has 0 heterocycles. The van der Waals surface area contributed by atoms with Crippen LogP contribution >= 0.6 is 0 Å². The summed E-state index contributed by atoms with van der Waals surface area (Å²) in [7, 11) is 2.98. The molecule has 0 fully saturated rings. The molecule has 0 saturated heterocycles. The number of hydrogen-bond acceptors (Lipinski definition) is 4. The molecule has 5 nitrogen and oxygen atoms in total. The molecular weight excluding hydrogens is 270 g/mol. The van der Waals surface area contributed by atoms with E-state index in [0.717, 1.165) is 0 Å². The van der Waals surface area contributed by atoms with Crippen LogP contribution < -0.4 is 14.8 Å². The zero-order chi connectivity index (χ0) is 15.4. The van der Waals surface area contributed by atoms with Gasteiger partial charge in [-0.2, -0.15) is 0 Å². The van der Waals surface area contributed by atoms with Crippen molar-refractivity contribution in [2.24, 2.45) is 0 Å². The SMILES string of the molecule is COc1cccc(OC)c1C(=O)Nc1cccc(O)c1C. The molecule has 0 atom stereocenters. The highest BCUT2D eigenvalue weighted by atomic mass is 16.5. The number of hydrogen-bond donors (Lipinski definition) is 2. The lowest BCUT2D eigenvalue weighted by molar-refractivity contribution is 0.102. The lowest BCUT2D eigenvalue weighted by Gasteiger charge is -2.14. The number of benzene rings is 2. The molecule has 0 aliphatic heterocycles. The van der Waals surface area contributed by atoms with Crippen LogP contribution in [0.3, 0.4) is 0 Å². The lowest BCUT2D eigenvalue weighted by Crippen LogP contribution is -2.15. The average molecular weight is 287 g/mol. The van der Waals surface area contributed by atoms with Gasteiger partial charge in [-0.3, -0.25) is 4.79 Å². The van der Waals surface area contributed by atoms with E-state index in [4.69, 9.17) is 9.47 Å². The largest absolute Gasteiger partial charge is 0.508 e. The number of phenols is 1. The van der Waals surface area contributed by atoms with Crippen molar-refractivity contribution < 1.29 is 19.4 Å². The number of amides is 1. The molecule has 0 aliphatic carbocycles. The topological polar surface area (TPSA) is 67.8 Å². The van der Waals surface area contributed by atoms with Crippen LogP contribution in [0.25, 0.3) is 0 Å². The molecule has 0 unspecified atom stereocenters. The number of methoxy groups -OCH3 is 2. The summed E-state index contributed by atoms with van der Waals surface area (Å²) in [5, 5.41) is 12.4. The summed E-state index contributed by atoms with van der Waals surface area (Å²) >= 11 is 0. The fourth-order valence-corrected chi connectivity index (χ4v) is 2.02. The summed E-state index contributed by atoms with van der Waals surface area (Å²) in [6.07, 6.45) is 0. The average Bonchev–Trinajstić information content (AvgIpc) is 2.50. The van der Waals surface area contributed by atoms with Crippen LogP contribution in [0.2, 0.25) is 0 Å². The molecule has 0 bridgehead atoms. The highest BCUT2D eigenvalue weighted by Gasteiger charge is 2.19. The Labute approximate surface area is 123 Å². The molecular formula is C16H17NO4. The molecule has 2 aromatic rings. The van der Waals surface area contributed by atoms with Crippen molar-refractivity contribution in [1.82, 2.24) is 0 Å². The van der Waals surface area contributed by atoms with Crippen molar-refractivity contribution in [1.29, 1.82) is 0 Å². The van der Waals surface area contributed by atoms with Crippen LogP contribution in [0.5, 0.6) is 17.2 Å². The van der Waals surface area contributed by atoms with Gasteiger partial charge < -0.3 is 19.9 Å². The smallest absolute Gasteiger partial charge is 0.263 e. The normalized spacial score (nSPS) is 10.0. The third-order valence-electron chi connectivity index (χ3n) is 3.21. The van der Waals surface area contributed by atoms with Crippen LogP contribution in [0.4, 0.5) is 5.69 Å². The first-order chi connectivity index (χ1) is 10.1. The maximum absolute atomic E-state index is 12.5. The van der Waals surface area contributed by atoms with Crippen LogP contribution in [0.15, 0.2) is 36.4 Å². The third-order valence-corrected chi connectivity index (χ3v) is 3.21. The molecule has 0 spiro atoms. The molecule has 0 radical (unpaired) electrons. The first kappa shape index (κ1) is 14.7. The predicted molar refractivity (Wildman–Crippen MR) is 80.3 cm³/mol. The Hall–Kier alpha value is -2.69. The van der Waals surface area contributed by atoms with Gasteiger partial charge >= 0.3 is 0 Å². The third kappa shape index (κ3) is 2.91. The van der Waals surface area contributed by atoms with Gasteiger partial charge in [-0.25, -0.2) is 0 Å². The number of ether oxygens (including phenoxy) is 2. The standard InChI is InChI=1S/C16H17NO4/c1-10-11(6-4-7-12(10)18)17-16(19)15-13(20-2)8-5-9-14(15)21-3/h4-9,18H,1-3H3,(H,17,19). The number of carbonyl (C=O) groups is 1. The van der Waals surface area contributed by atoms with E-state index in [1.807, 2.05) is 0 Å². The minimum absolute atomic E-state index is 0.125. The molecule has 2 rings (SSSR count). The Morgan fingerprint density at radius 1 is 1.05 bits per heavy atom. The number of nitrogens with one attached hydrogen (secondary N) is 1. The molecule has 21 heavy (non-hydrogen) atoms. The van der Waals surface area contributed by atoms with Gasteiger partial charge in [-0.1, -0.05) is 12.1 Å². The van der Waals surface area contributed by atoms with E-state index in [2.05, 4.69) is 5.32 Å². The van der Waals surface area contributed by atoms with Crippen molar-refractivity contribution >= 4 is 11.6 Å². The number of aromatic hydroxyl groups is 1. The maximum atomic E-state index is 12.5. The van der Waals surface area contributed by atoms with E-state index in [9.17, 15) is 9.90 Å². The van der Waals surface area contributed by atoms with E-state index < -0.39 is 0 Å².